The summed E-state index contributed by atoms with van der Waals surface area (Å²) < 4.78 is 2.18. The number of aromatic nitrogens is 2. The summed E-state index contributed by atoms with van der Waals surface area (Å²) in [4.78, 5) is 2.94. The van der Waals surface area contributed by atoms with Gasteiger partial charge in [0.25, 0.3) is 0 Å². The third-order valence-electron chi connectivity index (χ3n) is 3.70. The van der Waals surface area contributed by atoms with Gasteiger partial charge in [0.15, 0.2) is 0 Å². The van der Waals surface area contributed by atoms with Crippen molar-refractivity contribution in [3.05, 3.63) is 18.0 Å². The number of hydrogen-bond acceptors (Lipinski definition) is 2. The molecule has 0 saturated heterocycles. The van der Waals surface area contributed by atoms with Crippen LogP contribution in [0, 0.1) is 0 Å². The summed E-state index contributed by atoms with van der Waals surface area (Å²) >= 11 is 3.59. The van der Waals surface area contributed by atoms with E-state index in [1.54, 1.807) is 0 Å². The van der Waals surface area contributed by atoms with Gasteiger partial charge in [-0.2, -0.15) is 5.10 Å². The van der Waals surface area contributed by atoms with Crippen LogP contribution >= 0.6 is 15.9 Å². The second kappa shape index (κ2) is 6.71. The van der Waals surface area contributed by atoms with Crippen LogP contribution in [0.4, 0.5) is 0 Å². The fraction of sp³-hybridized carbons (Fsp3) is 0.786. The molecule has 102 valence electrons. The molecule has 1 aromatic rings. The van der Waals surface area contributed by atoms with Gasteiger partial charge in [0.05, 0.1) is 11.7 Å². The van der Waals surface area contributed by atoms with E-state index in [9.17, 15) is 0 Å². The van der Waals surface area contributed by atoms with E-state index in [1.807, 2.05) is 0 Å². The van der Waals surface area contributed by atoms with Gasteiger partial charge in [0.2, 0.25) is 0 Å². The van der Waals surface area contributed by atoms with Crippen LogP contribution in [0.3, 0.4) is 0 Å². The Hall–Kier alpha value is -0.350. The van der Waals surface area contributed by atoms with Crippen LogP contribution in [0.5, 0.6) is 0 Å². The zero-order valence-corrected chi connectivity index (χ0v) is 13.1. The number of rotatable bonds is 6. The lowest BCUT2D eigenvalue weighted by Gasteiger charge is -2.16. The van der Waals surface area contributed by atoms with Crippen LogP contribution in [0.2, 0.25) is 0 Å². The van der Waals surface area contributed by atoms with Crippen LogP contribution in [0.15, 0.2) is 12.3 Å². The summed E-state index contributed by atoms with van der Waals surface area (Å²) in [5.74, 6) is 0. The third kappa shape index (κ3) is 4.09. The second-order valence-electron chi connectivity index (χ2n) is 5.53. The van der Waals surface area contributed by atoms with Crippen molar-refractivity contribution >= 4 is 15.9 Å². The lowest BCUT2D eigenvalue weighted by molar-refractivity contribution is 0.316. The van der Waals surface area contributed by atoms with E-state index in [2.05, 4.69) is 51.7 Å². The lowest BCUT2D eigenvalue weighted by atomic mass is 10.3. The van der Waals surface area contributed by atoms with Crippen LogP contribution in [-0.2, 0) is 6.54 Å². The molecule has 0 bridgehead atoms. The topological polar surface area (TPSA) is 21.1 Å². The van der Waals surface area contributed by atoms with Gasteiger partial charge in [-0.15, -0.1) is 0 Å². The normalized spacial score (nSPS) is 18.7. The Morgan fingerprint density at radius 3 is 2.89 bits per heavy atom. The Balaban J connectivity index is 1.82. The van der Waals surface area contributed by atoms with Gasteiger partial charge in [-0.3, -0.25) is 4.68 Å². The Morgan fingerprint density at radius 1 is 1.50 bits per heavy atom. The van der Waals surface area contributed by atoms with Gasteiger partial charge >= 0.3 is 0 Å². The molecule has 1 aliphatic rings. The summed E-state index contributed by atoms with van der Waals surface area (Å²) in [5, 5.41) is 4.72. The highest BCUT2D eigenvalue weighted by Gasteiger charge is 2.17. The SMILES string of the molecule is CC(Br)CCN(C)Cc1ccn(C2CCCC2)n1. The molecule has 1 aromatic heterocycles. The smallest absolute Gasteiger partial charge is 0.0764 e. The largest absolute Gasteiger partial charge is 0.300 e. The molecule has 1 atom stereocenters. The van der Waals surface area contributed by atoms with E-state index in [1.165, 1.54) is 37.8 Å². The molecule has 0 aliphatic heterocycles. The predicted molar refractivity (Wildman–Crippen MR) is 79.1 cm³/mol. The fourth-order valence-corrected chi connectivity index (χ4v) is 2.79. The molecule has 0 radical (unpaired) electrons. The molecule has 3 nitrogen and oxygen atoms in total. The molecule has 1 unspecified atom stereocenters. The molecule has 1 saturated carbocycles. The minimum absolute atomic E-state index is 0.594. The van der Waals surface area contributed by atoms with Crippen molar-refractivity contribution in [1.29, 1.82) is 0 Å². The molecule has 0 N–H and O–H groups in total. The van der Waals surface area contributed by atoms with E-state index < -0.39 is 0 Å². The maximum Gasteiger partial charge on any atom is 0.0764 e. The van der Waals surface area contributed by atoms with Crippen molar-refractivity contribution in [3.63, 3.8) is 0 Å². The van der Waals surface area contributed by atoms with Crippen molar-refractivity contribution in [2.24, 2.45) is 0 Å². The average Bonchev–Trinajstić information content (AvgIpc) is 2.95. The first-order chi connectivity index (χ1) is 8.65. The van der Waals surface area contributed by atoms with Gasteiger partial charge in [-0.1, -0.05) is 35.7 Å². The third-order valence-corrected chi connectivity index (χ3v) is 4.16. The Bertz CT molecular complexity index is 356. The Morgan fingerprint density at radius 2 is 2.22 bits per heavy atom. The highest BCUT2D eigenvalue weighted by molar-refractivity contribution is 9.09. The number of hydrogen-bond donors (Lipinski definition) is 0. The molecule has 2 rings (SSSR count). The molecular weight excluding hydrogens is 290 g/mol. The molecule has 0 aromatic carbocycles. The summed E-state index contributed by atoms with van der Waals surface area (Å²) in [6.07, 6.45) is 8.67. The predicted octanol–water partition coefficient (Wildman–Crippen LogP) is 3.60. The van der Waals surface area contributed by atoms with Crippen molar-refractivity contribution < 1.29 is 0 Å². The van der Waals surface area contributed by atoms with Gasteiger partial charge in [-0.25, -0.2) is 0 Å². The molecule has 0 amide bonds. The zero-order valence-electron chi connectivity index (χ0n) is 11.5. The molecule has 4 heteroatoms. The second-order valence-corrected chi connectivity index (χ2v) is 7.10. The quantitative estimate of drug-likeness (QED) is 0.748. The average molecular weight is 314 g/mol. The molecule has 1 fully saturated rings. The van der Waals surface area contributed by atoms with Crippen LogP contribution in [0.25, 0.3) is 0 Å². The van der Waals surface area contributed by atoms with E-state index in [-0.39, 0.29) is 0 Å². The van der Waals surface area contributed by atoms with Crippen molar-refractivity contribution in [3.8, 4) is 0 Å². The molecule has 0 spiro atoms. The molecule has 18 heavy (non-hydrogen) atoms. The van der Waals surface area contributed by atoms with Gasteiger partial charge < -0.3 is 4.90 Å². The van der Waals surface area contributed by atoms with E-state index in [4.69, 9.17) is 5.10 Å². The van der Waals surface area contributed by atoms with E-state index in [0.717, 1.165) is 13.1 Å². The monoisotopic (exact) mass is 313 g/mol. The zero-order chi connectivity index (χ0) is 13.0. The van der Waals surface area contributed by atoms with Crippen LogP contribution in [-0.4, -0.2) is 33.1 Å². The first-order valence-electron chi connectivity index (χ1n) is 7.02. The number of nitrogens with zero attached hydrogens (tertiary/aromatic N) is 3. The molecular formula is C14H24BrN3. The van der Waals surface area contributed by atoms with Crippen LogP contribution in [0.1, 0.15) is 50.8 Å². The summed E-state index contributed by atoms with van der Waals surface area (Å²) in [5.41, 5.74) is 1.20. The van der Waals surface area contributed by atoms with Crippen LogP contribution < -0.4 is 0 Å². The van der Waals surface area contributed by atoms with Gasteiger partial charge in [0.1, 0.15) is 0 Å². The maximum absolute atomic E-state index is 4.72. The minimum Gasteiger partial charge on any atom is -0.300 e. The molecule has 1 heterocycles. The Labute approximate surface area is 119 Å². The maximum atomic E-state index is 4.72. The van der Waals surface area contributed by atoms with E-state index in [0.29, 0.717) is 10.9 Å². The van der Waals surface area contributed by atoms with Crippen molar-refractivity contribution in [2.45, 2.75) is 56.4 Å². The summed E-state index contributed by atoms with van der Waals surface area (Å²) in [6, 6.07) is 2.83. The van der Waals surface area contributed by atoms with Crippen molar-refractivity contribution in [1.82, 2.24) is 14.7 Å². The van der Waals surface area contributed by atoms with Gasteiger partial charge in [0, 0.05) is 17.6 Å². The first-order valence-corrected chi connectivity index (χ1v) is 7.93. The lowest BCUT2D eigenvalue weighted by Crippen LogP contribution is -2.21. The van der Waals surface area contributed by atoms with E-state index >= 15 is 0 Å². The number of alkyl halides is 1. The highest BCUT2D eigenvalue weighted by atomic mass is 79.9. The fourth-order valence-electron chi connectivity index (χ4n) is 2.59. The Kier molecular flexibility index (Phi) is 5.25. The summed E-state index contributed by atoms with van der Waals surface area (Å²) in [7, 11) is 2.17. The highest BCUT2D eigenvalue weighted by Crippen LogP contribution is 2.28. The number of halogens is 1. The standard InChI is InChI=1S/C14H24BrN3/c1-12(15)7-9-17(2)11-13-8-10-18(16-13)14-5-3-4-6-14/h8,10,12,14H,3-7,9,11H2,1-2H3. The summed E-state index contributed by atoms with van der Waals surface area (Å²) in [6.45, 7) is 4.27. The first kappa shape index (κ1) is 14.1. The molecule has 1 aliphatic carbocycles. The van der Waals surface area contributed by atoms with Crippen molar-refractivity contribution in [2.75, 3.05) is 13.6 Å². The van der Waals surface area contributed by atoms with Gasteiger partial charge in [-0.05, 0) is 38.9 Å². The minimum atomic E-state index is 0.594.